The van der Waals surface area contributed by atoms with Crippen molar-refractivity contribution in [2.24, 2.45) is 0 Å². The Morgan fingerprint density at radius 2 is 1.94 bits per heavy atom. The molecule has 17 heavy (non-hydrogen) atoms. The predicted molar refractivity (Wildman–Crippen MR) is 69.2 cm³/mol. The van der Waals surface area contributed by atoms with E-state index in [0.29, 0.717) is 0 Å². The normalized spacial score (nSPS) is 10.9. The Morgan fingerprint density at radius 3 is 2.76 bits per heavy atom. The first-order valence-corrected chi connectivity index (χ1v) is 5.79. The lowest BCUT2D eigenvalue weighted by Crippen LogP contribution is -1.86. The van der Waals surface area contributed by atoms with Crippen LogP contribution in [0.15, 0.2) is 54.9 Å². The molecule has 0 N–H and O–H groups in total. The summed E-state index contributed by atoms with van der Waals surface area (Å²) in [7, 11) is 0. The Hall–Kier alpha value is -2.09. The zero-order valence-electron chi connectivity index (χ0n) is 9.80. The van der Waals surface area contributed by atoms with Crippen LogP contribution in [-0.4, -0.2) is 9.38 Å². The fraction of sp³-hybridized carbons (Fsp3) is 0.133. The maximum Gasteiger partial charge on any atom is 0.137 e. The summed E-state index contributed by atoms with van der Waals surface area (Å²) in [6.45, 7) is 2.09. The van der Waals surface area contributed by atoms with Crippen molar-refractivity contribution in [3.05, 3.63) is 71.7 Å². The van der Waals surface area contributed by atoms with Gasteiger partial charge < -0.3 is 4.40 Å². The summed E-state index contributed by atoms with van der Waals surface area (Å²) < 4.78 is 2.07. The average molecular weight is 222 g/mol. The van der Waals surface area contributed by atoms with Crippen molar-refractivity contribution in [2.45, 2.75) is 13.3 Å². The summed E-state index contributed by atoms with van der Waals surface area (Å²) in [6, 6.07) is 14.6. The minimum Gasteiger partial charge on any atom is -0.307 e. The second-order valence-electron chi connectivity index (χ2n) is 4.36. The molecule has 84 valence electrons. The summed E-state index contributed by atoms with van der Waals surface area (Å²) in [4.78, 5) is 4.63. The monoisotopic (exact) mass is 222 g/mol. The van der Waals surface area contributed by atoms with Gasteiger partial charge in [-0.1, -0.05) is 30.3 Å². The van der Waals surface area contributed by atoms with Crippen LogP contribution in [0.4, 0.5) is 0 Å². The molecule has 0 spiro atoms. The standard InChI is InChI=1S/C15H14N2/c1-12-7-8-17-11-14(16-15(17)9-12)10-13-5-3-2-4-6-13/h2-9,11H,10H2,1H3. The van der Waals surface area contributed by atoms with Crippen LogP contribution in [0.2, 0.25) is 0 Å². The Bertz CT molecular complexity index is 638. The number of aryl methyl sites for hydroxylation is 1. The maximum atomic E-state index is 4.63. The Labute approximate surface area is 101 Å². The van der Waals surface area contributed by atoms with E-state index < -0.39 is 0 Å². The van der Waals surface area contributed by atoms with Crippen molar-refractivity contribution in [1.29, 1.82) is 0 Å². The molecule has 2 heterocycles. The molecule has 2 heteroatoms. The number of aromatic nitrogens is 2. The van der Waals surface area contributed by atoms with Crippen LogP contribution in [0.3, 0.4) is 0 Å². The van der Waals surface area contributed by atoms with E-state index in [1.54, 1.807) is 0 Å². The van der Waals surface area contributed by atoms with Crippen LogP contribution >= 0.6 is 0 Å². The zero-order chi connectivity index (χ0) is 11.7. The van der Waals surface area contributed by atoms with E-state index in [-0.39, 0.29) is 0 Å². The third-order valence-electron chi connectivity index (χ3n) is 2.89. The van der Waals surface area contributed by atoms with Crippen LogP contribution in [0.5, 0.6) is 0 Å². The molecule has 0 aliphatic carbocycles. The highest BCUT2D eigenvalue weighted by atomic mass is 15.0. The van der Waals surface area contributed by atoms with Gasteiger partial charge in [0.1, 0.15) is 5.65 Å². The Balaban J connectivity index is 1.96. The molecule has 0 atom stereocenters. The second-order valence-corrected chi connectivity index (χ2v) is 4.36. The molecule has 0 saturated carbocycles. The van der Waals surface area contributed by atoms with E-state index in [1.807, 2.05) is 6.07 Å². The highest BCUT2D eigenvalue weighted by Gasteiger charge is 2.02. The molecule has 0 aliphatic heterocycles. The third-order valence-corrected chi connectivity index (χ3v) is 2.89. The highest BCUT2D eigenvalue weighted by Crippen LogP contribution is 2.11. The number of imidazole rings is 1. The molecule has 0 unspecified atom stereocenters. The largest absolute Gasteiger partial charge is 0.307 e. The van der Waals surface area contributed by atoms with Gasteiger partial charge in [0.05, 0.1) is 5.69 Å². The van der Waals surface area contributed by atoms with Crippen molar-refractivity contribution in [3.8, 4) is 0 Å². The molecule has 0 amide bonds. The van der Waals surface area contributed by atoms with Gasteiger partial charge in [-0.05, 0) is 30.2 Å². The van der Waals surface area contributed by atoms with Gasteiger partial charge in [0, 0.05) is 18.8 Å². The van der Waals surface area contributed by atoms with E-state index in [4.69, 9.17) is 0 Å². The molecule has 0 radical (unpaired) electrons. The summed E-state index contributed by atoms with van der Waals surface area (Å²) in [5.74, 6) is 0. The molecule has 0 aliphatic rings. The topological polar surface area (TPSA) is 17.3 Å². The number of benzene rings is 1. The fourth-order valence-corrected chi connectivity index (χ4v) is 2.03. The van der Waals surface area contributed by atoms with Crippen molar-refractivity contribution in [1.82, 2.24) is 9.38 Å². The smallest absolute Gasteiger partial charge is 0.137 e. The number of pyridine rings is 1. The minimum absolute atomic E-state index is 0.890. The summed E-state index contributed by atoms with van der Waals surface area (Å²) in [6.07, 6.45) is 5.05. The summed E-state index contributed by atoms with van der Waals surface area (Å²) >= 11 is 0. The minimum atomic E-state index is 0.890. The van der Waals surface area contributed by atoms with E-state index in [0.717, 1.165) is 17.8 Å². The predicted octanol–water partition coefficient (Wildman–Crippen LogP) is 3.23. The number of fused-ring (bicyclic) bond motifs is 1. The van der Waals surface area contributed by atoms with Crippen LogP contribution < -0.4 is 0 Å². The van der Waals surface area contributed by atoms with Gasteiger partial charge >= 0.3 is 0 Å². The lowest BCUT2D eigenvalue weighted by Gasteiger charge is -1.95. The highest BCUT2D eigenvalue weighted by molar-refractivity contribution is 5.43. The molecule has 3 aromatic rings. The lowest BCUT2D eigenvalue weighted by molar-refractivity contribution is 1.11. The van der Waals surface area contributed by atoms with Gasteiger partial charge in [0.2, 0.25) is 0 Å². The maximum absolute atomic E-state index is 4.63. The molecule has 3 rings (SSSR count). The van der Waals surface area contributed by atoms with Gasteiger partial charge in [0.25, 0.3) is 0 Å². The second kappa shape index (κ2) is 4.06. The molecular formula is C15H14N2. The third kappa shape index (κ3) is 2.07. The average Bonchev–Trinajstić information content (AvgIpc) is 2.71. The summed E-state index contributed by atoms with van der Waals surface area (Å²) in [5, 5.41) is 0. The van der Waals surface area contributed by atoms with Gasteiger partial charge in [-0.15, -0.1) is 0 Å². The van der Waals surface area contributed by atoms with Gasteiger partial charge in [-0.3, -0.25) is 0 Å². The number of rotatable bonds is 2. The van der Waals surface area contributed by atoms with E-state index in [1.165, 1.54) is 11.1 Å². The number of nitrogens with zero attached hydrogens (tertiary/aromatic N) is 2. The van der Waals surface area contributed by atoms with Gasteiger partial charge in [0.15, 0.2) is 0 Å². The SMILES string of the molecule is Cc1ccn2cc(Cc3ccccc3)nc2c1. The molecule has 0 fully saturated rings. The van der Waals surface area contributed by atoms with Gasteiger partial charge in [-0.25, -0.2) is 4.98 Å². The first-order chi connectivity index (χ1) is 8.31. The van der Waals surface area contributed by atoms with Crippen molar-refractivity contribution < 1.29 is 0 Å². The molecule has 1 aromatic carbocycles. The van der Waals surface area contributed by atoms with E-state index in [9.17, 15) is 0 Å². The molecule has 2 nitrogen and oxygen atoms in total. The first-order valence-electron chi connectivity index (χ1n) is 5.79. The first kappa shape index (κ1) is 10.1. The van der Waals surface area contributed by atoms with Crippen LogP contribution in [-0.2, 0) is 6.42 Å². The van der Waals surface area contributed by atoms with Crippen LogP contribution in [0.25, 0.3) is 5.65 Å². The van der Waals surface area contributed by atoms with Crippen molar-refractivity contribution in [2.75, 3.05) is 0 Å². The quantitative estimate of drug-likeness (QED) is 0.650. The van der Waals surface area contributed by atoms with Gasteiger partial charge in [-0.2, -0.15) is 0 Å². The Kier molecular flexibility index (Phi) is 2.41. The van der Waals surface area contributed by atoms with E-state index in [2.05, 4.69) is 65.1 Å². The lowest BCUT2D eigenvalue weighted by atomic mass is 10.1. The van der Waals surface area contributed by atoms with Crippen molar-refractivity contribution in [3.63, 3.8) is 0 Å². The zero-order valence-corrected chi connectivity index (χ0v) is 9.80. The van der Waals surface area contributed by atoms with E-state index >= 15 is 0 Å². The number of hydrogen-bond donors (Lipinski definition) is 0. The molecule has 0 bridgehead atoms. The fourth-order valence-electron chi connectivity index (χ4n) is 2.03. The number of hydrogen-bond acceptors (Lipinski definition) is 1. The Morgan fingerprint density at radius 1 is 1.12 bits per heavy atom. The summed E-state index contributed by atoms with van der Waals surface area (Å²) in [5.41, 5.74) is 4.68. The van der Waals surface area contributed by atoms with Crippen LogP contribution in [0, 0.1) is 6.92 Å². The molecule has 0 saturated heterocycles. The molecule has 2 aromatic heterocycles. The van der Waals surface area contributed by atoms with Crippen molar-refractivity contribution >= 4 is 5.65 Å². The molecular weight excluding hydrogens is 208 g/mol. The van der Waals surface area contributed by atoms with Crippen LogP contribution in [0.1, 0.15) is 16.8 Å².